The number of para-hydroxylation sites is 2. The van der Waals surface area contributed by atoms with E-state index in [1.165, 1.54) is 12.8 Å². The van der Waals surface area contributed by atoms with Crippen molar-refractivity contribution in [1.82, 2.24) is 19.8 Å². The quantitative estimate of drug-likeness (QED) is 0.814. The van der Waals surface area contributed by atoms with Crippen LogP contribution in [0, 0.1) is 18.8 Å². The summed E-state index contributed by atoms with van der Waals surface area (Å²) in [6.07, 6.45) is 3.17. The lowest BCUT2D eigenvalue weighted by molar-refractivity contribution is -0.133. The van der Waals surface area contributed by atoms with E-state index in [4.69, 9.17) is 9.97 Å². The van der Waals surface area contributed by atoms with Crippen LogP contribution in [0.5, 0.6) is 0 Å². The van der Waals surface area contributed by atoms with E-state index in [-0.39, 0.29) is 6.04 Å². The summed E-state index contributed by atoms with van der Waals surface area (Å²) in [5, 5.41) is 0. The highest BCUT2D eigenvalue weighted by Gasteiger charge is 2.35. The van der Waals surface area contributed by atoms with Gasteiger partial charge < -0.3 is 4.90 Å². The van der Waals surface area contributed by atoms with Gasteiger partial charge in [0.1, 0.15) is 0 Å². The van der Waals surface area contributed by atoms with Crippen LogP contribution in [-0.4, -0.2) is 51.4 Å². The average molecular weight is 367 g/mol. The third-order valence-corrected chi connectivity index (χ3v) is 5.95. The summed E-state index contributed by atoms with van der Waals surface area (Å²) in [5.74, 6) is 1.51. The van der Waals surface area contributed by atoms with Crippen LogP contribution >= 0.6 is 0 Å². The van der Waals surface area contributed by atoms with Crippen LogP contribution in [0.4, 0.5) is 0 Å². The first kappa shape index (κ1) is 18.4. The predicted molar refractivity (Wildman–Crippen MR) is 107 cm³/mol. The summed E-state index contributed by atoms with van der Waals surface area (Å²) < 4.78 is 0. The zero-order valence-electron chi connectivity index (χ0n) is 16.7. The molecule has 1 amide bonds. The molecule has 1 atom stereocenters. The number of nitrogens with zero attached hydrogens (tertiary/aromatic N) is 4. The van der Waals surface area contributed by atoms with Crippen molar-refractivity contribution in [2.75, 3.05) is 19.6 Å². The van der Waals surface area contributed by atoms with Crippen molar-refractivity contribution in [2.45, 2.75) is 52.6 Å². The summed E-state index contributed by atoms with van der Waals surface area (Å²) in [6.45, 7) is 9.95. The van der Waals surface area contributed by atoms with Gasteiger partial charge in [-0.2, -0.15) is 0 Å². The Morgan fingerprint density at radius 2 is 1.85 bits per heavy atom. The maximum absolute atomic E-state index is 12.8. The molecule has 1 saturated carbocycles. The van der Waals surface area contributed by atoms with Crippen molar-refractivity contribution in [2.24, 2.45) is 11.8 Å². The molecule has 2 fully saturated rings. The predicted octanol–water partition coefficient (Wildman–Crippen LogP) is 3.41. The molecular formula is C22H30N4O. The largest absolute Gasteiger partial charge is 0.338 e. The van der Waals surface area contributed by atoms with Crippen LogP contribution in [0.2, 0.25) is 0 Å². The van der Waals surface area contributed by atoms with Crippen molar-refractivity contribution in [3.05, 3.63) is 35.7 Å². The van der Waals surface area contributed by atoms with Gasteiger partial charge in [-0.3, -0.25) is 9.69 Å². The first-order valence-electron chi connectivity index (χ1n) is 10.3. The van der Waals surface area contributed by atoms with E-state index in [1.807, 2.05) is 31.2 Å². The number of benzene rings is 1. The second-order valence-electron chi connectivity index (χ2n) is 8.53. The monoisotopic (exact) mass is 366 g/mol. The van der Waals surface area contributed by atoms with Gasteiger partial charge in [-0.05, 0) is 43.7 Å². The second-order valence-corrected chi connectivity index (χ2v) is 8.53. The molecule has 0 radical (unpaired) electrons. The molecule has 144 valence electrons. The molecule has 1 aliphatic heterocycles. The molecule has 1 saturated heterocycles. The van der Waals surface area contributed by atoms with Crippen molar-refractivity contribution >= 4 is 16.9 Å². The van der Waals surface area contributed by atoms with Crippen molar-refractivity contribution in [1.29, 1.82) is 0 Å². The minimum atomic E-state index is 0.286. The van der Waals surface area contributed by atoms with Crippen molar-refractivity contribution in [3.63, 3.8) is 0 Å². The SMILES string of the molecule is Cc1nc2ccccc2nc1CN1CCC(=O)N(CC2CC2)[C@H](C(C)C)C1. The molecule has 2 heterocycles. The molecule has 0 N–H and O–H groups in total. The number of carbonyl (C=O) groups excluding carboxylic acids is 1. The van der Waals surface area contributed by atoms with E-state index < -0.39 is 0 Å². The Bertz CT molecular complexity index is 830. The Labute approximate surface area is 161 Å². The normalized spacial score (nSPS) is 21.9. The summed E-state index contributed by atoms with van der Waals surface area (Å²) in [4.78, 5) is 27.0. The zero-order chi connectivity index (χ0) is 19.0. The van der Waals surface area contributed by atoms with Gasteiger partial charge in [0.15, 0.2) is 0 Å². The Morgan fingerprint density at radius 1 is 1.15 bits per heavy atom. The molecular weight excluding hydrogens is 336 g/mol. The number of rotatable bonds is 5. The van der Waals surface area contributed by atoms with Crippen LogP contribution in [0.3, 0.4) is 0 Å². The van der Waals surface area contributed by atoms with E-state index in [2.05, 4.69) is 23.6 Å². The maximum atomic E-state index is 12.8. The van der Waals surface area contributed by atoms with Crippen LogP contribution < -0.4 is 0 Å². The number of aryl methyl sites for hydroxylation is 1. The fraction of sp³-hybridized carbons (Fsp3) is 0.591. The summed E-state index contributed by atoms with van der Waals surface area (Å²) in [7, 11) is 0. The first-order valence-corrected chi connectivity index (χ1v) is 10.3. The van der Waals surface area contributed by atoms with Crippen LogP contribution in [0.15, 0.2) is 24.3 Å². The van der Waals surface area contributed by atoms with Gasteiger partial charge in [0, 0.05) is 38.6 Å². The second kappa shape index (κ2) is 7.55. The number of fused-ring (bicyclic) bond motifs is 1. The van der Waals surface area contributed by atoms with Crippen molar-refractivity contribution in [3.8, 4) is 0 Å². The smallest absolute Gasteiger partial charge is 0.224 e. The molecule has 27 heavy (non-hydrogen) atoms. The lowest BCUT2D eigenvalue weighted by Gasteiger charge is -2.35. The van der Waals surface area contributed by atoms with Gasteiger partial charge >= 0.3 is 0 Å². The Kier molecular flexibility index (Phi) is 5.13. The molecule has 1 aromatic carbocycles. The Morgan fingerprint density at radius 3 is 2.52 bits per heavy atom. The molecule has 5 nitrogen and oxygen atoms in total. The Hall–Kier alpha value is -2.01. The molecule has 1 aromatic heterocycles. The van der Waals surface area contributed by atoms with E-state index in [0.717, 1.165) is 54.5 Å². The highest BCUT2D eigenvalue weighted by Crippen LogP contribution is 2.32. The number of hydrogen-bond acceptors (Lipinski definition) is 4. The summed E-state index contributed by atoms with van der Waals surface area (Å²) in [5.41, 5.74) is 3.90. The minimum Gasteiger partial charge on any atom is -0.338 e. The maximum Gasteiger partial charge on any atom is 0.224 e. The number of amides is 1. The molecule has 0 bridgehead atoms. The average Bonchev–Trinajstić information content (AvgIpc) is 3.47. The van der Waals surface area contributed by atoms with Crippen molar-refractivity contribution < 1.29 is 4.79 Å². The highest BCUT2D eigenvalue weighted by molar-refractivity contribution is 5.77. The third-order valence-electron chi connectivity index (χ3n) is 5.95. The first-order chi connectivity index (χ1) is 13.0. The van der Waals surface area contributed by atoms with E-state index in [0.29, 0.717) is 18.2 Å². The lowest BCUT2D eigenvalue weighted by Crippen LogP contribution is -2.47. The number of aromatic nitrogens is 2. The van der Waals surface area contributed by atoms with Gasteiger partial charge in [0.25, 0.3) is 0 Å². The number of carbonyl (C=O) groups is 1. The van der Waals surface area contributed by atoms with Gasteiger partial charge in [-0.1, -0.05) is 26.0 Å². The molecule has 2 aromatic rings. The van der Waals surface area contributed by atoms with Gasteiger partial charge in [-0.15, -0.1) is 0 Å². The van der Waals surface area contributed by atoms with Crippen LogP contribution in [0.1, 0.15) is 44.5 Å². The fourth-order valence-electron chi connectivity index (χ4n) is 4.05. The fourth-order valence-corrected chi connectivity index (χ4v) is 4.05. The molecule has 5 heteroatoms. The summed E-state index contributed by atoms with van der Waals surface area (Å²) in [6, 6.07) is 8.32. The third kappa shape index (κ3) is 4.13. The molecule has 0 spiro atoms. The van der Waals surface area contributed by atoms with E-state index in [9.17, 15) is 4.79 Å². The van der Waals surface area contributed by atoms with Gasteiger partial charge in [-0.25, -0.2) is 9.97 Å². The Balaban J connectivity index is 1.55. The number of hydrogen-bond donors (Lipinski definition) is 0. The molecule has 4 rings (SSSR count). The molecule has 2 aliphatic rings. The standard InChI is InChI=1S/C22H30N4O/c1-15(2)21-14-25(11-10-22(27)26(21)12-17-8-9-17)13-20-16(3)23-18-6-4-5-7-19(18)24-20/h4-7,15,17,21H,8-14H2,1-3H3/t21-/m0/s1. The topological polar surface area (TPSA) is 49.3 Å². The molecule has 1 aliphatic carbocycles. The van der Waals surface area contributed by atoms with Gasteiger partial charge in [0.2, 0.25) is 5.91 Å². The molecule has 0 unspecified atom stereocenters. The van der Waals surface area contributed by atoms with Crippen LogP contribution in [-0.2, 0) is 11.3 Å². The van der Waals surface area contributed by atoms with Crippen LogP contribution in [0.25, 0.3) is 11.0 Å². The lowest BCUT2D eigenvalue weighted by atomic mass is 10.0. The zero-order valence-corrected chi connectivity index (χ0v) is 16.7. The van der Waals surface area contributed by atoms with E-state index in [1.54, 1.807) is 0 Å². The summed E-state index contributed by atoms with van der Waals surface area (Å²) >= 11 is 0. The van der Waals surface area contributed by atoms with Gasteiger partial charge in [0.05, 0.1) is 22.4 Å². The minimum absolute atomic E-state index is 0.286. The van der Waals surface area contributed by atoms with E-state index >= 15 is 0 Å². The highest BCUT2D eigenvalue weighted by atomic mass is 16.2.